The van der Waals surface area contributed by atoms with Crippen LogP contribution in [0.4, 0.5) is 0 Å². The smallest absolute Gasteiger partial charge is 0.0231 e. The van der Waals surface area contributed by atoms with Crippen molar-refractivity contribution in [1.29, 1.82) is 0 Å². The van der Waals surface area contributed by atoms with Crippen molar-refractivity contribution in [2.24, 2.45) is 23.7 Å². The minimum atomic E-state index is 0.900. The van der Waals surface area contributed by atoms with Crippen LogP contribution < -0.4 is 0 Å². The third-order valence-electron chi connectivity index (χ3n) is 7.00. The van der Waals surface area contributed by atoms with E-state index in [1.165, 1.54) is 103 Å². The molecular weight excluding hydrogens is 312 g/mol. The first-order valence-corrected chi connectivity index (χ1v) is 12.1. The molecule has 2 atom stereocenters. The zero-order chi connectivity index (χ0) is 18.5. The molecule has 0 aromatic rings. The second-order valence-electron chi connectivity index (χ2n) is 9.30. The van der Waals surface area contributed by atoms with Crippen LogP contribution in [-0.2, 0) is 0 Å². The van der Waals surface area contributed by atoms with Crippen LogP contribution in [0.5, 0.6) is 0 Å². The molecule has 2 saturated carbocycles. The highest BCUT2D eigenvalue weighted by atomic mass is 14.3. The Hall–Kier alpha value is -0.520. The number of allylic oxidation sites excluding steroid dienone is 4. The molecule has 0 spiro atoms. The Morgan fingerprint density at radius 2 is 1.46 bits per heavy atom. The predicted molar refractivity (Wildman–Crippen MR) is 117 cm³/mol. The van der Waals surface area contributed by atoms with Crippen molar-refractivity contribution in [2.45, 2.75) is 117 Å². The monoisotopic (exact) mass is 358 g/mol. The molecule has 0 bridgehead atoms. The normalized spacial score (nSPS) is 30.4. The quantitative estimate of drug-likeness (QED) is 0.255. The SMILES string of the molecule is CC/C=C\C[C@H]1CC[C@H](CCCCC2CCCC(/C=C\CCC)C2)CC1. The minimum Gasteiger partial charge on any atom is -0.0888 e. The van der Waals surface area contributed by atoms with Crippen molar-refractivity contribution in [2.75, 3.05) is 0 Å². The summed E-state index contributed by atoms with van der Waals surface area (Å²) in [6.07, 6.45) is 32.8. The third-order valence-corrected chi connectivity index (χ3v) is 7.00. The van der Waals surface area contributed by atoms with Gasteiger partial charge in [0, 0.05) is 0 Å². The first kappa shape index (κ1) is 21.8. The van der Waals surface area contributed by atoms with Gasteiger partial charge in [0.25, 0.3) is 0 Å². The molecular formula is C26H46. The molecule has 0 aliphatic heterocycles. The molecule has 0 saturated heterocycles. The highest BCUT2D eigenvalue weighted by Gasteiger charge is 2.21. The fourth-order valence-corrected chi connectivity index (χ4v) is 5.30. The maximum Gasteiger partial charge on any atom is -0.0231 e. The van der Waals surface area contributed by atoms with Gasteiger partial charge in [0.1, 0.15) is 0 Å². The highest BCUT2D eigenvalue weighted by molar-refractivity contribution is 4.91. The van der Waals surface area contributed by atoms with E-state index in [1.807, 2.05) is 0 Å². The lowest BCUT2D eigenvalue weighted by Gasteiger charge is -2.29. The van der Waals surface area contributed by atoms with Crippen LogP contribution in [-0.4, -0.2) is 0 Å². The van der Waals surface area contributed by atoms with Gasteiger partial charge in [-0.3, -0.25) is 0 Å². The molecule has 26 heavy (non-hydrogen) atoms. The molecule has 2 aliphatic rings. The number of unbranched alkanes of at least 4 members (excludes halogenated alkanes) is 2. The van der Waals surface area contributed by atoms with E-state index in [9.17, 15) is 0 Å². The molecule has 0 radical (unpaired) electrons. The highest BCUT2D eigenvalue weighted by Crippen LogP contribution is 2.36. The fourth-order valence-electron chi connectivity index (χ4n) is 5.30. The Morgan fingerprint density at radius 1 is 0.731 bits per heavy atom. The van der Waals surface area contributed by atoms with Gasteiger partial charge in [0.15, 0.2) is 0 Å². The van der Waals surface area contributed by atoms with Crippen molar-refractivity contribution in [3.05, 3.63) is 24.3 Å². The lowest BCUT2D eigenvalue weighted by molar-refractivity contribution is 0.250. The summed E-state index contributed by atoms with van der Waals surface area (Å²) >= 11 is 0. The van der Waals surface area contributed by atoms with Crippen LogP contribution in [0, 0.1) is 23.7 Å². The standard InChI is InChI=1S/C26H46/c1-3-5-7-12-23-18-20-24(21-19-23)13-9-10-15-26-17-11-16-25(22-26)14-8-6-4-2/h5,7-8,14,23-26H,3-4,6,9-13,15-22H2,1-2H3/b7-5-,14-8-/t23-,24-,25?,26?. The first-order valence-electron chi connectivity index (χ1n) is 12.1. The largest absolute Gasteiger partial charge is 0.0888 e. The van der Waals surface area contributed by atoms with Crippen molar-refractivity contribution < 1.29 is 0 Å². The van der Waals surface area contributed by atoms with E-state index >= 15 is 0 Å². The van der Waals surface area contributed by atoms with Crippen molar-refractivity contribution in [1.82, 2.24) is 0 Å². The molecule has 0 heterocycles. The van der Waals surface area contributed by atoms with Gasteiger partial charge < -0.3 is 0 Å². The fraction of sp³-hybridized carbons (Fsp3) is 0.846. The topological polar surface area (TPSA) is 0 Å². The van der Waals surface area contributed by atoms with Crippen LogP contribution >= 0.6 is 0 Å². The molecule has 2 rings (SSSR count). The molecule has 150 valence electrons. The molecule has 0 amide bonds. The number of hydrogen-bond acceptors (Lipinski definition) is 0. The van der Waals surface area contributed by atoms with Crippen molar-refractivity contribution in [3.63, 3.8) is 0 Å². The summed E-state index contributed by atoms with van der Waals surface area (Å²) < 4.78 is 0. The van der Waals surface area contributed by atoms with Gasteiger partial charge in [0.2, 0.25) is 0 Å². The Bertz CT molecular complexity index is 383. The van der Waals surface area contributed by atoms with Crippen LogP contribution in [0.1, 0.15) is 117 Å². The average Bonchev–Trinajstić information content (AvgIpc) is 2.67. The Morgan fingerprint density at radius 3 is 2.19 bits per heavy atom. The van der Waals surface area contributed by atoms with E-state index in [0.717, 1.165) is 23.7 Å². The van der Waals surface area contributed by atoms with Crippen LogP contribution in [0.2, 0.25) is 0 Å². The van der Waals surface area contributed by atoms with Crippen LogP contribution in [0.3, 0.4) is 0 Å². The van der Waals surface area contributed by atoms with Gasteiger partial charge in [-0.2, -0.15) is 0 Å². The molecule has 0 heteroatoms. The second kappa shape index (κ2) is 13.6. The summed E-state index contributed by atoms with van der Waals surface area (Å²) in [4.78, 5) is 0. The number of hydrogen-bond donors (Lipinski definition) is 0. The Balaban J connectivity index is 1.52. The molecule has 0 aromatic carbocycles. The van der Waals surface area contributed by atoms with E-state index in [-0.39, 0.29) is 0 Å². The lowest BCUT2D eigenvalue weighted by Crippen LogP contribution is -2.15. The molecule has 2 fully saturated rings. The minimum absolute atomic E-state index is 0.900. The summed E-state index contributed by atoms with van der Waals surface area (Å²) in [5, 5.41) is 0. The van der Waals surface area contributed by atoms with E-state index in [4.69, 9.17) is 0 Å². The summed E-state index contributed by atoms with van der Waals surface area (Å²) in [6.45, 7) is 4.52. The molecule has 2 aliphatic carbocycles. The molecule has 0 nitrogen and oxygen atoms in total. The van der Waals surface area contributed by atoms with Gasteiger partial charge in [-0.05, 0) is 68.6 Å². The van der Waals surface area contributed by atoms with Gasteiger partial charge in [-0.15, -0.1) is 0 Å². The summed E-state index contributed by atoms with van der Waals surface area (Å²) in [5.41, 5.74) is 0. The molecule has 0 N–H and O–H groups in total. The summed E-state index contributed by atoms with van der Waals surface area (Å²) in [5.74, 6) is 3.98. The lowest BCUT2D eigenvalue weighted by atomic mass is 9.77. The van der Waals surface area contributed by atoms with Crippen molar-refractivity contribution >= 4 is 0 Å². The first-order chi connectivity index (χ1) is 12.8. The summed E-state index contributed by atoms with van der Waals surface area (Å²) in [7, 11) is 0. The maximum atomic E-state index is 2.55. The van der Waals surface area contributed by atoms with Gasteiger partial charge in [-0.25, -0.2) is 0 Å². The number of rotatable bonds is 11. The van der Waals surface area contributed by atoms with E-state index in [0.29, 0.717) is 0 Å². The summed E-state index contributed by atoms with van der Waals surface area (Å²) in [6, 6.07) is 0. The van der Waals surface area contributed by atoms with Gasteiger partial charge in [-0.1, -0.05) is 95.9 Å². The van der Waals surface area contributed by atoms with Crippen LogP contribution in [0.25, 0.3) is 0 Å². The molecule has 0 aromatic heterocycles. The molecule has 2 unspecified atom stereocenters. The zero-order valence-corrected chi connectivity index (χ0v) is 17.9. The van der Waals surface area contributed by atoms with Gasteiger partial charge >= 0.3 is 0 Å². The third kappa shape index (κ3) is 8.92. The Labute approximate surface area is 164 Å². The van der Waals surface area contributed by atoms with E-state index in [1.54, 1.807) is 0 Å². The van der Waals surface area contributed by atoms with E-state index in [2.05, 4.69) is 38.2 Å². The van der Waals surface area contributed by atoms with Crippen molar-refractivity contribution in [3.8, 4) is 0 Å². The Kier molecular flexibility index (Phi) is 11.4. The maximum absolute atomic E-state index is 2.55. The van der Waals surface area contributed by atoms with E-state index < -0.39 is 0 Å². The average molecular weight is 359 g/mol. The van der Waals surface area contributed by atoms with Gasteiger partial charge in [0.05, 0.1) is 0 Å². The van der Waals surface area contributed by atoms with Crippen LogP contribution in [0.15, 0.2) is 24.3 Å². The zero-order valence-electron chi connectivity index (χ0n) is 17.9. The predicted octanol–water partition coefficient (Wildman–Crippen LogP) is 8.87. The second-order valence-corrected chi connectivity index (χ2v) is 9.30.